The molecule has 0 aliphatic carbocycles. The van der Waals surface area contributed by atoms with E-state index in [4.69, 9.17) is 9.84 Å². The van der Waals surface area contributed by atoms with E-state index < -0.39 is 0 Å². The van der Waals surface area contributed by atoms with Crippen molar-refractivity contribution in [1.82, 2.24) is 4.90 Å². The van der Waals surface area contributed by atoms with Crippen LogP contribution in [-0.2, 0) is 4.74 Å². The summed E-state index contributed by atoms with van der Waals surface area (Å²) >= 11 is 1.74. The van der Waals surface area contributed by atoms with Gasteiger partial charge in [-0.3, -0.25) is 4.90 Å². The molecule has 1 aliphatic rings. The van der Waals surface area contributed by atoms with Gasteiger partial charge in [0.2, 0.25) is 0 Å². The van der Waals surface area contributed by atoms with Crippen molar-refractivity contribution in [2.45, 2.75) is 18.2 Å². The summed E-state index contributed by atoms with van der Waals surface area (Å²) in [7, 11) is 0. The minimum atomic E-state index is 0.264. The van der Waals surface area contributed by atoms with E-state index in [1.165, 1.54) is 0 Å². The lowest BCUT2D eigenvalue weighted by Gasteiger charge is -2.35. The Labute approximate surface area is 84.4 Å². The molecule has 0 spiro atoms. The Morgan fingerprint density at radius 3 is 2.54 bits per heavy atom. The van der Waals surface area contributed by atoms with Gasteiger partial charge in [-0.2, -0.15) is 11.8 Å². The van der Waals surface area contributed by atoms with E-state index >= 15 is 0 Å². The molecule has 0 bridgehead atoms. The van der Waals surface area contributed by atoms with Gasteiger partial charge in [0, 0.05) is 24.4 Å². The van der Waals surface area contributed by atoms with Crippen LogP contribution in [0.3, 0.4) is 0 Å². The Balaban J connectivity index is 2.38. The normalized spacial score (nSPS) is 24.2. The molecule has 1 fully saturated rings. The highest BCUT2D eigenvalue weighted by Gasteiger charge is 2.23. The first-order valence-electron chi connectivity index (χ1n) is 4.75. The van der Waals surface area contributed by atoms with Crippen LogP contribution >= 0.6 is 11.8 Å². The van der Waals surface area contributed by atoms with Crippen LogP contribution < -0.4 is 0 Å². The van der Waals surface area contributed by atoms with E-state index in [9.17, 15) is 0 Å². The van der Waals surface area contributed by atoms with Gasteiger partial charge in [0.15, 0.2) is 0 Å². The Morgan fingerprint density at radius 1 is 1.46 bits per heavy atom. The number of ether oxygens (including phenoxy) is 1. The summed E-state index contributed by atoms with van der Waals surface area (Å²) in [5, 5.41) is 9.48. The third kappa shape index (κ3) is 3.13. The zero-order chi connectivity index (χ0) is 9.68. The zero-order valence-electron chi connectivity index (χ0n) is 8.40. The van der Waals surface area contributed by atoms with Crippen molar-refractivity contribution < 1.29 is 9.84 Å². The van der Waals surface area contributed by atoms with Crippen LogP contribution in [0, 0.1) is 0 Å². The molecular formula is C9H19NO2S. The second-order valence-electron chi connectivity index (χ2n) is 3.35. The SMILES string of the molecule is CSC(CO)C(C)N1CCOCC1. The number of aliphatic hydroxyl groups is 1. The van der Waals surface area contributed by atoms with E-state index in [1.54, 1.807) is 11.8 Å². The predicted octanol–water partition coefficient (Wildman–Crippen LogP) is 0.431. The van der Waals surface area contributed by atoms with Gasteiger partial charge in [-0.05, 0) is 13.2 Å². The highest BCUT2D eigenvalue weighted by molar-refractivity contribution is 7.99. The van der Waals surface area contributed by atoms with Crippen molar-refractivity contribution in [2.24, 2.45) is 0 Å². The average molecular weight is 205 g/mol. The third-order valence-electron chi connectivity index (χ3n) is 2.64. The van der Waals surface area contributed by atoms with E-state index in [0.717, 1.165) is 26.3 Å². The molecule has 4 heteroatoms. The van der Waals surface area contributed by atoms with E-state index in [2.05, 4.69) is 18.1 Å². The van der Waals surface area contributed by atoms with Gasteiger partial charge < -0.3 is 9.84 Å². The van der Waals surface area contributed by atoms with Crippen molar-refractivity contribution in [3.63, 3.8) is 0 Å². The smallest absolute Gasteiger partial charge is 0.0594 e. The van der Waals surface area contributed by atoms with Gasteiger partial charge in [0.25, 0.3) is 0 Å². The first-order valence-corrected chi connectivity index (χ1v) is 6.04. The van der Waals surface area contributed by atoms with Crippen molar-refractivity contribution in [3.05, 3.63) is 0 Å². The van der Waals surface area contributed by atoms with Crippen LogP contribution in [0.4, 0.5) is 0 Å². The highest BCUT2D eigenvalue weighted by Crippen LogP contribution is 2.16. The summed E-state index contributed by atoms with van der Waals surface area (Å²) in [4.78, 5) is 2.39. The average Bonchev–Trinajstić information content (AvgIpc) is 2.21. The molecule has 78 valence electrons. The Hall–Kier alpha value is 0.230. The lowest BCUT2D eigenvalue weighted by molar-refractivity contribution is 0.0170. The van der Waals surface area contributed by atoms with Crippen LogP contribution in [0.15, 0.2) is 0 Å². The van der Waals surface area contributed by atoms with Gasteiger partial charge in [0.05, 0.1) is 19.8 Å². The topological polar surface area (TPSA) is 32.7 Å². The number of aliphatic hydroxyl groups excluding tert-OH is 1. The van der Waals surface area contributed by atoms with E-state index in [-0.39, 0.29) is 6.61 Å². The maximum Gasteiger partial charge on any atom is 0.0594 e. The quantitative estimate of drug-likeness (QED) is 0.721. The lowest BCUT2D eigenvalue weighted by Crippen LogP contribution is -2.47. The molecule has 1 heterocycles. The van der Waals surface area contributed by atoms with Crippen molar-refractivity contribution in [1.29, 1.82) is 0 Å². The van der Waals surface area contributed by atoms with Crippen LogP contribution in [-0.4, -0.2) is 60.5 Å². The number of morpholine rings is 1. The summed E-state index contributed by atoms with van der Waals surface area (Å²) in [6.45, 7) is 6.10. The summed E-state index contributed by atoms with van der Waals surface area (Å²) < 4.78 is 5.29. The summed E-state index contributed by atoms with van der Waals surface area (Å²) in [5.41, 5.74) is 0. The molecule has 1 rings (SSSR count). The molecule has 13 heavy (non-hydrogen) atoms. The number of hydrogen-bond acceptors (Lipinski definition) is 4. The fourth-order valence-corrected chi connectivity index (χ4v) is 2.36. The van der Waals surface area contributed by atoms with Crippen molar-refractivity contribution >= 4 is 11.8 Å². The first kappa shape index (κ1) is 11.3. The number of nitrogens with zero attached hydrogens (tertiary/aromatic N) is 1. The Morgan fingerprint density at radius 2 is 2.08 bits per heavy atom. The fraction of sp³-hybridized carbons (Fsp3) is 1.00. The van der Waals surface area contributed by atoms with Gasteiger partial charge in [0.1, 0.15) is 0 Å². The monoisotopic (exact) mass is 205 g/mol. The third-order valence-corrected chi connectivity index (χ3v) is 3.79. The first-order chi connectivity index (χ1) is 6.29. The molecule has 2 atom stereocenters. The molecule has 0 radical (unpaired) electrons. The second kappa shape index (κ2) is 5.86. The number of thioether (sulfide) groups is 1. The van der Waals surface area contributed by atoms with Crippen LogP contribution in [0.5, 0.6) is 0 Å². The maximum atomic E-state index is 9.15. The second-order valence-corrected chi connectivity index (χ2v) is 4.42. The van der Waals surface area contributed by atoms with E-state index in [1.807, 2.05) is 0 Å². The number of rotatable bonds is 4. The molecule has 2 unspecified atom stereocenters. The molecule has 1 saturated heterocycles. The highest BCUT2D eigenvalue weighted by atomic mass is 32.2. The Kier molecular flexibility index (Phi) is 5.09. The molecule has 0 aromatic rings. The molecule has 1 aliphatic heterocycles. The molecular weight excluding hydrogens is 186 g/mol. The van der Waals surface area contributed by atoms with Crippen LogP contribution in [0.25, 0.3) is 0 Å². The zero-order valence-corrected chi connectivity index (χ0v) is 9.22. The van der Waals surface area contributed by atoms with Gasteiger partial charge in [-0.15, -0.1) is 0 Å². The number of hydrogen-bond donors (Lipinski definition) is 1. The summed E-state index contributed by atoms with van der Waals surface area (Å²) in [6, 6.07) is 0.448. The summed E-state index contributed by atoms with van der Waals surface area (Å²) in [5.74, 6) is 0. The van der Waals surface area contributed by atoms with Crippen molar-refractivity contribution in [2.75, 3.05) is 39.2 Å². The minimum Gasteiger partial charge on any atom is -0.395 e. The van der Waals surface area contributed by atoms with Gasteiger partial charge in [-0.1, -0.05) is 0 Å². The standard InChI is InChI=1S/C9H19NO2S/c1-8(9(7-11)13-2)10-3-5-12-6-4-10/h8-9,11H,3-7H2,1-2H3. The van der Waals surface area contributed by atoms with Gasteiger partial charge in [-0.25, -0.2) is 0 Å². The molecule has 0 aromatic carbocycles. The molecule has 1 N–H and O–H groups in total. The lowest BCUT2D eigenvalue weighted by atomic mass is 10.2. The molecule has 3 nitrogen and oxygen atoms in total. The molecule has 0 saturated carbocycles. The molecule has 0 amide bonds. The molecule has 0 aromatic heterocycles. The minimum absolute atomic E-state index is 0.264. The predicted molar refractivity (Wildman–Crippen MR) is 56.2 cm³/mol. The maximum absolute atomic E-state index is 9.15. The largest absolute Gasteiger partial charge is 0.395 e. The summed E-state index contributed by atoms with van der Waals surface area (Å²) in [6.07, 6.45) is 2.05. The van der Waals surface area contributed by atoms with Gasteiger partial charge >= 0.3 is 0 Å². The fourth-order valence-electron chi connectivity index (χ4n) is 1.64. The van der Waals surface area contributed by atoms with E-state index in [0.29, 0.717) is 11.3 Å². The Bertz CT molecular complexity index is 136. The van der Waals surface area contributed by atoms with Crippen LogP contribution in [0.2, 0.25) is 0 Å². The van der Waals surface area contributed by atoms with Crippen LogP contribution in [0.1, 0.15) is 6.92 Å². The van der Waals surface area contributed by atoms with Crippen molar-refractivity contribution in [3.8, 4) is 0 Å².